The van der Waals surface area contributed by atoms with Gasteiger partial charge in [-0.15, -0.1) is 0 Å². The largest absolute Gasteiger partial charge is 0.497 e. The van der Waals surface area contributed by atoms with Crippen molar-refractivity contribution >= 4 is 22.6 Å². The third-order valence-corrected chi connectivity index (χ3v) is 2.81. The van der Waals surface area contributed by atoms with Crippen LogP contribution in [-0.2, 0) is 4.74 Å². The lowest BCUT2D eigenvalue weighted by Gasteiger charge is -2.12. The molecule has 0 aliphatic heterocycles. The van der Waals surface area contributed by atoms with Gasteiger partial charge in [-0.25, -0.2) is 4.79 Å². The summed E-state index contributed by atoms with van der Waals surface area (Å²) in [6.07, 6.45) is 1.38. The molecule has 100 valence electrons. The lowest BCUT2D eigenvalue weighted by atomic mass is 10.1. The molecule has 0 fully saturated rings. The van der Waals surface area contributed by atoms with E-state index in [1.165, 1.54) is 20.4 Å². The second-order valence-corrected chi connectivity index (χ2v) is 3.80. The highest BCUT2D eigenvalue weighted by atomic mass is 16.5. The first-order chi connectivity index (χ1) is 9.12. The number of carbonyl (C=O) groups excluding carboxylic acids is 1. The third-order valence-electron chi connectivity index (χ3n) is 2.81. The van der Waals surface area contributed by atoms with Crippen molar-refractivity contribution in [3.63, 3.8) is 0 Å². The van der Waals surface area contributed by atoms with Gasteiger partial charge in [0.15, 0.2) is 0 Å². The molecule has 0 atom stereocenters. The van der Waals surface area contributed by atoms with Crippen LogP contribution in [0.1, 0.15) is 10.4 Å². The Balaban J connectivity index is 2.77. The van der Waals surface area contributed by atoms with Gasteiger partial charge in [0.1, 0.15) is 17.1 Å². The number of carbonyl (C=O) groups is 1. The molecule has 0 bridgehead atoms. The predicted molar refractivity (Wildman–Crippen MR) is 70.6 cm³/mol. The van der Waals surface area contributed by atoms with Crippen LogP contribution in [0.4, 0.5) is 5.69 Å². The number of hydrogen-bond donors (Lipinski definition) is 1. The predicted octanol–water partition coefficient (Wildman–Crippen LogP) is 1.62. The van der Waals surface area contributed by atoms with Gasteiger partial charge >= 0.3 is 5.97 Å². The van der Waals surface area contributed by atoms with Crippen molar-refractivity contribution in [1.82, 2.24) is 4.98 Å². The van der Waals surface area contributed by atoms with Crippen LogP contribution in [-0.4, -0.2) is 32.3 Å². The number of aromatic nitrogens is 1. The van der Waals surface area contributed by atoms with Crippen LogP contribution in [0.3, 0.4) is 0 Å². The minimum absolute atomic E-state index is 0.207. The molecule has 2 aromatic rings. The van der Waals surface area contributed by atoms with Crippen molar-refractivity contribution < 1.29 is 19.0 Å². The van der Waals surface area contributed by atoms with E-state index in [9.17, 15) is 4.79 Å². The van der Waals surface area contributed by atoms with Gasteiger partial charge in [-0.2, -0.15) is 0 Å². The Labute approximate surface area is 110 Å². The fourth-order valence-corrected chi connectivity index (χ4v) is 1.84. The number of nitrogen functional groups attached to an aromatic ring is 1. The number of pyridine rings is 1. The quantitative estimate of drug-likeness (QED) is 0.846. The summed E-state index contributed by atoms with van der Waals surface area (Å²) < 4.78 is 15.1. The minimum atomic E-state index is -0.537. The Kier molecular flexibility index (Phi) is 3.41. The van der Waals surface area contributed by atoms with E-state index in [0.717, 1.165) is 0 Å². The molecule has 0 saturated heterocycles. The summed E-state index contributed by atoms with van der Waals surface area (Å²) in [5, 5.41) is 0.561. The first-order valence-electron chi connectivity index (χ1n) is 5.51. The summed E-state index contributed by atoms with van der Waals surface area (Å²) in [4.78, 5) is 15.8. The Bertz CT molecular complexity index is 640. The van der Waals surface area contributed by atoms with Crippen molar-refractivity contribution in [2.75, 3.05) is 27.1 Å². The number of ether oxygens (including phenoxy) is 3. The molecular formula is C13H14N2O4. The molecule has 6 heteroatoms. The Hall–Kier alpha value is -2.50. The van der Waals surface area contributed by atoms with Crippen LogP contribution in [0.25, 0.3) is 10.9 Å². The van der Waals surface area contributed by atoms with Crippen LogP contribution < -0.4 is 15.2 Å². The van der Waals surface area contributed by atoms with Gasteiger partial charge in [-0.05, 0) is 0 Å². The van der Waals surface area contributed by atoms with E-state index in [2.05, 4.69) is 9.72 Å². The molecule has 0 unspecified atom stereocenters. The molecule has 19 heavy (non-hydrogen) atoms. The minimum Gasteiger partial charge on any atom is -0.497 e. The van der Waals surface area contributed by atoms with Gasteiger partial charge in [0, 0.05) is 18.3 Å². The van der Waals surface area contributed by atoms with Crippen molar-refractivity contribution in [3.05, 3.63) is 23.9 Å². The number of nitrogens with two attached hydrogens (primary N) is 1. The number of nitrogens with zero attached hydrogens (tertiary/aromatic N) is 1. The molecule has 0 aliphatic rings. The van der Waals surface area contributed by atoms with Gasteiger partial charge in [0.25, 0.3) is 0 Å². The van der Waals surface area contributed by atoms with E-state index >= 15 is 0 Å². The Morgan fingerprint density at radius 3 is 2.53 bits per heavy atom. The topological polar surface area (TPSA) is 83.7 Å². The number of hydrogen-bond acceptors (Lipinski definition) is 6. The molecule has 1 aromatic carbocycles. The Morgan fingerprint density at radius 1 is 1.21 bits per heavy atom. The summed E-state index contributed by atoms with van der Waals surface area (Å²) in [6, 6.07) is 3.40. The lowest BCUT2D eigenvalue weighted by molar-refractivity contribution is 0.0601. The maximum Gasteiger partial charge on any atom is 0.341 e. The highest BCUT2D eigenvalue weighted by molar-refractivity contribution is 6.06. The summed E-state index contributed by atoms with van der Waals surface area (Å²) in [5.74, 6) is 0.553. The van der Waals surface area contributed by atoms with Crippen molar-refractivity contribution in [2.24, 2.45) is 0 Å². The van der Waals surface area contributed by atoms with Crippen molar-refractivity contribution in [2.45, 2.75) is 0 Å². The van der Waals surface area contributed by atoms with E-state index in [1.54, 1.807) is 19.2 Å². The number of fused-ring (bicyclic) bond motifs is 1. The number of benzene rings is 1. The summed E-state index contributed by atoms with van der Waals surface area (Å²) in [7, 11) is 4.35. The van der Waals surface area contributed by atoms with E-state index in [-0.39, 0.29) is 11.3 Å². The van der Waals surface area contributed by atoms with E-state index in [0.29, 0.717) is 22.4 Å². The highest BCUT2D eigenvalue weighted by Crippen LogP contribution is 2.35. The molecule has 2 N–H and O–H groups in total. The number of methoxy groups -OCH3 is 3. The summed E-state index contributed by atoms with van der Waals surface area (Å²) in [6.45, 7) is 0. The number of rotatable bonds is 3. The molecule has 2 rings (SSSR count). The average Bonchev–Trinajstić information content (AvgIpc) is 2.45. The first kappa shape index (κ1) is 12.9. The Morgan fingerprint density at radius 2 is 1.95 bits per heavy atom. The lowest BCUT2D eigenvalue weighted by Crippen LogP contribution is -2.07. The standard InChI is InChI=1S/C13H14N2O4/c1-17-7-4-9-11(10(5-7)18-2)12(14)8(6-15-9)13(16)19-3/h4-6H,1-3H3,(H2,14,15). The molecule has 0 spiro atoms. The SMILES string of the molecule is COC(=O)c1cnc2cc(OC)cc(OC)c2c1N. The summed E-state index contributed by atoms with van der Waals surface area (Å²) in [5.41, 5.74) is 7.07. The molecule has 1 aromatic heterocycles. The first-order valence-corrected chi connectivity index (χ1v) is 5.51. The van der Waals surface area contributed by atoms with E-state index in [4.69, 9.17) is 15.2 Å². The summed E-state index contributed by atoms with van der Waals surface area (Å²) >= 11 is 0. The molecule has 6 nitrogen and oxygen atoms in total. The molecule has 0 saturated carbocycles. The molecule has 0 amide bonds. The second kappa shape index (κ2) is 5.01. The maximum absolute atomic E-state index is 11.6. The fourth-order valence-electron chi connectivity index (χ4n) is 1.84. The number of anilines is 1. The normalized spacial score (nSPS) is 10.3. The maximum atomic E-state index is 11.6. The highest BCUT2D eigenvalue weighted by Gasteiger charge is 2.17. The van der Waals surface area contributed by atoms with Crippen molar-refractivity contribution in [1.29, 1.82) is 0 Å². The smallest absolute Gasteiger partial charge is 0.341 e. The van der Waals surface area contributed by atoms with Gasteiger partial charge in [-0.3, -0.25) is 4.98 Å². The van der Waals surface area contributed by atoms with E-state index in [1.807, 2.05) is 0 Å². The van der Waals surface area contributed by atoms with Crippen molar-refractivity contribution in [3.8, 4) is 11.5 Å². The monoisotopic (exact) mass is 262 g/mol. The second-order valence-electron chi connectivity index (χ2n) is 3.80. The van der Waals surface area contributed by atoms with Crippen LogP contribution in [0.5, 0.6) is 11.5 Å². The zero-order valence-corrected chi connectivity index (χ0v) is 10.9. The zero-order valence-electron chi connectivity index (χ0n) is 10.9. The molecule has 0 radical (unpaired) electrons. The van der Waals surface area contributed by atoms with Crippen LogP contribution in [0.15, 0.2) is 18.3 Å². The van der Waals surface area contributed by atoms with Gasteiger partial charge in [-0.1, -0.05) is 0 Å². The number of esters is 1. The van der Waals surface area contributed by atoms with E-state index < -0.39 is 5.97 Å². The zero-order chi connectivity index (χ0) is 14.0. The van der Waals surface area contributed by atoms with Crippen LogP contribution >= 0.6 is 0 Å². The fraction of sp³-hybridized carbons (Fsp3) is 0.231. The average molecular weight is 262 g/mol. The van der Waals surface area contributed by atoms with Gasteiger partial charge in [0.2, 0.25) is 0 Å². The van der Waals surface area contributed by atoms with Gasteiger partial charge in [0.05, 0.1) is 37.9 Å². The van der Waals surface area contributed by atoms with Crippen LogP contribution in [0.2, 0.25) is 0 Å². The molecule has 0 aliphatic carbocycles. The van der Waals surface area contributed by atoms with Crippen LogP contribution in [0, 0.1) is 0 Å². The molecular weight excluding hydrogens is 248 g/mol. The molecule has 1 heterocycles. The van der Waals surface area contributed by atoms with Gasteiger partial charge < -0.3 is 19.9 Å². The third kappa shape index (κ3) is 2.12.